The molecule has 0 amide bonds. The smallest absolute Gasteiger partial charge is 0.183 e. The zero-order chi connectivity index (χ0) is 11.5. The van der Waals surface area contributed by atoms with Crippen LogP contribution in [0, 0.1) is 16.7 Å². The highest BCUT2D eigenvalue weighted by Gasteiger charge is 2.04. The van der Waals surface area contributed by atoms with Crippen molar-refractivity contribution in [1.29, 1.82) is 10.7 Å². The first-order valence-corrected chi connectivity index (χ1v) is 4.80. The van der Waals surface area contributed by atoms with Gasteiger partial charge in [-0.2, -0.15) is 5.26 Å². The number of hydrogen-bond donors (Lipinski definition) is 1. The van der Waals surface area contributed by atoms with Crippen LogP contribution in [0.15, 0.2) is 36.5 Å². The van der Waals surface area contributed by atoms with E-state index in [1.165, 1.54) is 0 Å². The highest BCUT2D eigenvalue weighted by molar-refractivity contribution is 5.58. The average molecular weight is 210 g/mol. The Labute approximate surface area is 92.9 Å². The van der Waals surface area contributed by atoms with E-state index in [9.17, 15) is 0 Å². The number of aromatic nitrogens is 2. The predicted molar refractivity (Wildman–Crippen MR) is 59.2 cm³/mol. The van der Waals surface area contributed by atoms with Crippen LogP contribution in [0.1, 0.15) is 5.69 Å². The molecule has 78 valence electrons. The second-order valence-corrected chi connectivity index (χ2v) is 3.41. The fraction of sp³-hybridized carbons (Fsp3) is 0.0833. The molecule has 0 aliphatic heterocycles. The van der Waals surface area contributed by atoms with Crippen LogP contribution in [0.2, 0.25) is 0 Å². The monoisotopic (exact) mass is 210 g/mol. The maximum absolute atomic E-state index is 8.87. The molecule has 0 spiro atoms. The first kappa shape index (κ1) is 10.1. The molecule has 1 aromatic heterocycles. The van der Waals surface area contributed by atoms with E-state index in [0.29, 0.717) is 5.69 Å². The number of aryl methyl sites for hydroxylation is 1. The molecule has 0 saturated carbocycles. The first-order valence-electron chi connectivity index (χ1n) is 4.80. The van der Waals surface area contributed by atoms with Gasteiger partial charge in [0.2, 0.25) is 0 Å². The summed E-state index contributed by atoms with van der Waals surface area (Å²) >= 11 is 0. The third kappa shape index (κ3) is 1.71. The molecule has 16 heavy (non-hydrogen) atoms. The van der Waals surface area contributed by atoms with Gasteiger partial charge in [0, 0.05) is 18.8 Å². The van der Waals surface area contributed by atoms with Crippen molar-refractivity contribution in [3.8, 4) is 17.3 Å². The van der Waals surface area contributed by atoms with Crippen molar-refractivity contribution < 1.29 is 0 Å². The van der Waals surface area contributed by atoms with Gasteiger partial charge in [-0.05, 0) is 0 Å². The van der Waals surface area contributed by atoms with E-state index in [4.69, 9.17) is 10.7 Å². The van der Waals surface area contributed by atoms with Crippen molar-refractivity contribution in [2.24, 2.45) is 7.05 Å². The van der Waals surface area contributed by atoms with Gasteiger partial charge < -0.3 is 4.57 Å². The molecule has 0 aliphatic rings. The quantitative estimate of drug-likeness (QED) is 0.773. The van der Waals surface area contributed by atoms with Crippen LogP contribution in [-0.4, -0.2) is 9.55 Å². The maximum Gasteiger partial charge on any atom is 0.183 e. The minimum absolute atomic E-state index is 0.127. The Morgan fingerprint density at radius 2 is 2.00 bits per heavy atom. The van der Waals surface area contributed by atoms with Crippen molar-refractivity contribution in [1.82, 2.24) is 9.55 Å². The van der Waals surface area contributed by atoms with Gasteiger partial charge in [-0.25, -0.2) is 4.98 Å². The Morgan fingerprint density at radius 1 is 1.31 bits per heavy atom. The molecule has 0 radical (unpaired) electrons. The molecule has 1 heterocycles. The second kappa shape index (κ2) is 3.99. The minimum Gasteiger partial charge on any atom is -0.332 e. The van der Waals surface area contributed by atoms with Crippen LogP contribution < -0.4 is 5.49 Å². The molecule has 4 heteroatoms. The Hall–Kier alpha value is -2.41. The highest BCUT2D eigenvalue weighted by atomic mass is 15.0. The summed E-state index contributed by atoms with van der Waals surface area (Å²) in [5.74, 6) is 0. The van der Waals surface area contributed by atoms with Crippen LogP contribution in [-0.2, 0) is 7.05 Å². The van der Waals surface area contributed by atoms with Crippen LogP contribution in [0.4, 0.5) is 0 Å². The summed E-state index contributed by atoms with van der Waals surface area (Å²) in [5.41, 5.74) is 1.91. The molecule has 0 fully saturated rings. The number of nitrogens with one attached hydrogen (secondary N) is 1. The van der Waals surface area contributed by atoms with Gasteiger partial charge in [0.1, 0.15) is 6.07 Å². The molecule has 1 N–H and O–H groups in total. The Bertz CT molecular complexity index is 605. The maximum atomic E-state index is 8.87. The number of rotatable bonds is 1. The number of nitriles is 1. The standard InChI is InChI=1S/C12H10N4/c1-16-8-11(9-5-3-2-4-6-9)15-10(7-13)12(16)14/h2-6,8,14H,1H3. The third-order valence-electron chi connectivity index (χ3n) is 2.30. The fourth-order valence-corrected chi connectivity index (χ4v) is 1.44. The Balaban J connectivity index is 2.66. The summed E-state index contributed by atoms with van der Waals surface area (Å²) < 4.78 is 1.59. The summed E-state index contributed by atoms with van der Waals surface area (Å²) in [4.78, 5) is 4.15. The molecule has 0 atom stereocenters. The van der Waals surface area contributed by atoms with Crippen LogP contribution >= 0.6 is 0 Å². The molecular weight excluding hydrogens is 200 g/mol. The van der Waals surface area contributed by atoms with Crippen LogP contribution in [0.3, 0.4) is 0 Å². The van der Waals surface area contributed by atoms with Crippen LogP contribution in [0.25, 0.3) is 11.3 Å². The van der Waals surface area contributed by atoms with Gasteiger partial charge in [-0.1, -0.05) is 30.3 Å². The molecule has 0 saturated heterocycles. The average Bonchev–Trinajstić information content (AvgIpc) is 2.33. The molecule has 2 aromatic rings. The normalized spacial score (nSPS) is 9.75. The Kier molecular flexibility index (Phi) is 2.52. The van der Waals surface area contributed by atoms with Gasteiger partial charge >= 0.3 is 0 Å². The lowest BCUT2D eigenvalue weighted by Crippen LogP contribution is -2.21. The SMILES string of the molecule is Cn1cc(-c2ccccc2)nc(C#N)c1=N. The summed E-state index contributed by atoms with van der Waals surface area (Å²) in [6, 6.07) is 11.5. The van der Waals surface area contributed by atoms with Gasteiger partial charge in [-0.15, -0.1) is 0 Å². The molecule has 1 aromatic carbocycles. The first-order chi connectivity index (χ1) is 7.72. The van der Waals surface area contributed by atoms with Crippen molar-refractivity contribution in [3.63, 3.8) is 0 Å². The van der Waals surface area contributed by atoms with E-state index in [-0.39, 0.29) is 11.2 Å². The lowest BCUT2D eigenvalue weighted by Gasteiger charge is -2.05. The second-order valence-electron chi connectivity index (χ2n) is 3.41. The molecule has 0 aliphatic carbocycles. The van der Waals surface area contributed by atoms with Gasteiger partial charge in [0.25, 0.3) is 0 Å². The molecule has 0 unspecified atom stereocenters. The number of hydrogen-bond acceptors (Lipinski definition) is 3. The van der Waals surface area contributed by atoms with E-state index in [1.54, 1.807) is 17.8 Å². The molecular formula is C12H10N4. The summed E-state index contributed by atoms with van der Waals surface area (Å²) in [6.45, 7) is 0. The summed E-state index contributed by atoms with van der Waals surface area (Å²) in [7, 11) is 1.73. The van der Waals surface area contributed by atoms with Gasteiger partial charge in [0.05, 0.1) is 5.69 Å². The van der Waals surface area contributed by atoms with Crippen molar-refractivity contribution >= 4 is 0 Å². The van der Waals surface area contributed by atoms with Crippen molar-refractivity contribution in [3.05, 3.63) is 47.7 Å². The molecule has 2 rings (SSSR count). The van der Waals surface area contributed by atoms with E-state index >= 15 is 0 Å². The molecule has 0 bridgehead atoms. The third-order valence-corrected chi connectivity index (χ3v) is 2.30. The highest BCUT2D eigenvalue weighted by Crippen LogP contribution is 2.14. The predicted octanol–water partition coefficient (Wildman–Crippen LogP) is 1.44. The van der Waals surface area contributed by atoms with E-state index < -0.39 is 0 Å². The summed E-state index contributed by atoms with van der Waals surface area (Å²) in [5, 5.41) is 16.5. The lowest BCUT2D eigenvalue weighted by molar-refractivity contribution is 0.794. The van der Waals surface area contributed by atoms with E-state index in [0.717, 1.165) is 5.56 Å². The van der Waals surface area contributed by atoms with Gasteiger partial charge in [-0.3, -0.25) is 5.41 Å². The van der Waals surface area contributed by atoms with Gasteiger partial charge in [0.15, 0.2) is 11.2 Å². The summed E-state index contributed by atoms with van der Waals surface area (Å²) in [6.07, 6.45) is 1.75. The number of benzene rings is 1. The number of nitrogens with zero attached hydrogens (tertiary/aromatic N) is 3. The van der Waals surface area contributed by atoms with E-state index in [2.05, 4.69) is 4.98 Å². The zero-order valence-electron chi connectivity index (χ0n) is 8.81. The molecule has 4 nitrogen and oxygen atoms in total. The van der Waals surface area contributed by atoms with Crippen molar-refractivity contribution in [2.75, 3.05) is 0 Å². The van der Waals surface area contributed by atoms with Crippen molar-refractivity contribution in [2.45, 2.75) is 0 Å². The van der Waals surface area contributed by atoms with Crippen LogP contribution in [0.5, 0.6) is 0 Å². The zero-order valence-corrected chi connectivity index (χ0v) is 8.81. The minimum atomic E-state index is 0.127. The fourth-order valence-electron chi connectivity index (χ4n) is 1.44. The topological polar surface area (TPSA) is 65.5 Å². The lowest BCUT2D eigenvalue weighted by atomic mass is 10.1. The van der Waals surface area contributed by atoms with E-state index in [1.807, 2.05) is 36.4 Å². The Morgan fingerprint density at radius 3 is 2.62 bits per heavy atom. The largest absolute Gasteiger partial charge is 0.332 e.